The van der Waals surface area contributed by atoms with E-state index in [2.05, 4.69) is 20.6 Å². The molecule has 1 aromatic rings. The number of carbonyl (C=O) groups excluding carboxylic acids is 1. The maximum Gasteiger partial charge on any atom is 0.420 e. The Morgan fingerprint density at radius 1 is 1.29 bits per heavy atom. The van der Waals surface area contributed by atoms with Crippen molar-refractivity contribution in [3.8, 4) is 0 Å². The fraction of sp³-hybridized carbons (Fsp3) is 0.154. The monoisotopic (exact) mass is 294 g/mol. The first-order chi connectivity index (χ1) is 9.97. The summed E-state index contributed by atoms with van der Waals surface area (Å²) in [7, 11) is 0. The second-order valence-corrected chi connectivity index (χ2v) is 4.45. The van der Waals surface area contributed by atoms with Gasteiger partial charge in [-0.2, -0.15) is 13.2 Å². The van der Waals surface area contributed by atoms with Gasteiger partial charge in [0, 0.05) is 12.4 Å². The number of aromatic nitrogens is 2. The molecule has 1 aromatic heterocycles. The number of hydrogen-bond donors (Lipinski definition) is 2. The van der Waals surface area contributed by atoms with E-state index >= 15 is 0 Å². The highest BCUT2D eigenvalue weighted by Crippen LogP contribution is 2.34. The number of halogens is 3. The molecule has 2 aliphatic heterocycles. The predicted molar refractivity (Wildman–Crippen MR) is 67.3 cm³/mol. The van der Waals surface area contributed by atoms with E-state index in [9.17, 15) is 18.0 Å². The fourth-order valence-electron chi connectivity index (χ4n) is 2.15. The second kappa shape index (κ2) is 4.72. The van der Waals surface area contributed by atoms with Gasteiger partial charge < -0.3 is 10.6 Å². The van der Waals surface area contributed by atoms with Crippen LogP contribution in [0.3, 0.4) is 0 Å². The minimum Gasteiger partial charge on any atom is -0.368 e. The quantitative estimate of drug-likeness (QED) is 0.821. The minimum absolute atomic E-state index is 0.145. The van der Waals surface area contributed by atoms with Crippen molar-refractivity contribution >= 4 is 11.6 Å². The van der Waals surface area contributed by atoms with Crippen molar-refractivity contribution in [2.24, 2.45) is 0 Å². The van der Waals surface area contributed by atoms with Crippen molar-refractivity contribution in [3.05, 3.63) is 53.8 Å². The van der Waals surface area contributed by atoms with Gasteiger partial charge in [0.2, 0.25) is 0 Å². The Hall–Kier alpha value is -2.64. The Morgan fingerprint density at radius 2 is 2.10 bits per heavy atom. The maximum absolute atomic E-state index is 13.0. The molecule has 108 valence electrons. The molecule has 0 saturated heterocycles. The van der Waals surface area contributed by atoms with E-state index in [1.54, 1.807) is 12.2 Å². The molecule has 8 heteroatoms. The number of carbonyl (C=O) groups is 1. The van der Waals surface area contributed by atoms with E-state index < -0.39 is 17.8 Å². The topological polar surface area (TPSA) is 66.9 Å². The van der Waals surface area contributed by atoms with E-state index in [-0.39, 0.29) is 17.3 Å². The zero-order valence-electron chi connectivity index (χ0n) is 10.5. The second-order valence-electron chi connectivity index (χ2n) is 4.45. The van der Waals surface area contributed by atoms with Gasteiger partial charge in [0.05, 0.1) is 5.70 Å². The van der Waals surface area contributed by atoms with Gasteiger partial charge in [-0.25, -0.2) is 9.97 Å². The van der Waals surface area contributed by atoms with Crippen molar-refractivity contribution < 1.29 is 18.0 Å². The van der Waals surface area contributed by atoms with Crippen LogP contribution in [-0.2, 0) is 11.0 Å². The highest BCUT2D eigenvalue weighted by molar-refractivity contribution is 5.92. The summed E-state index contributed by atoms with van der Waals surface area (Å²) in [6.07, 6.45) is 3.39. The molecule has 0 aromatic carbocycles. The van der Waals surface area contributed by atoms with Gasteiger partial charge >= 0.3 is 6.18 Å². The first-order valence-corrected chi connectivity index (χ1v) is 6.00. The molecular formula is C13H9F3N4O. The molecule has 1 amide bonds. The molecule has 5 nitrogen and oxygen atoms in total. The molecule has 2 N–H and O–H groups in total. The number of allylic oxidation sites excluding steroid dienone is 2. The molecule has 0 spiro atoms. The van der Waals surface area contributed by atoms with E-state index in [1.165, 1.54) is 12.3 Å². The average molecular weight is 294 g/mol. The standard InChI is InChI=1S/C13H9F3N4O/c14-13(15,16)8-5-17-6-19-11(8)9-4-7-2-1-3-18-12(21)10(7)20-9/h1-6,10,20H,(H,18,21). The van der Waals surface area contributed by atoms with Gasteiger partial charge in [-0.05, 0) is 17.7 Å². The number of hydrogen-bond acceptors (Lipinski definition) is 4. The number of rotatable bonds is 1. The van der Waals surface area contributed by atoms with Crippen LogP contribution in [0.25, 0.3) is 5.70 Å². The summed E-state index contributed by atoms with van der Waals surface area (Å²) in [5.74, 6) is -0.344. The molecule has 0 bridgehead atoms. The van der Waals surface area contributed by atoms with Gasteiger partial charge in [-0.1, -0.05) is 6.08 Å². The van der Waals surface area contributed by atoms with Crippen LogP contribution in [0.15, 0.2) is 42.5 Å². The Balaban J connectivity index is 2.04. The lowest BCUT2D eigenvalue weighted by molar-refractivity contribution is -0.138. The third-order valence-electron chi connectivity index (χ3n) is 3.09. The van der Waals surface area contributed by atoms with Gasteiger partial charge in [0.15, 0.2) is 0 Å². The zero-order valence-corrected chi connectivity index (χ0v) is 10.5. The van der Waals surface area contributed by atoms with E-state index in [0.29, 0.717) is 11.8 Å². The lowest BCUT2D eigenvalue weighted by Crippen LogP contribution is -2.39. The SMILES string of the molecule is O=C1NC=CC=C2C=C(c3ncncc3C(F)(F)F)NC12. The highest BCUT2D eigenvalue weighted by Gasteiger charge is 2.38. The van der Waals surface area contributed by atoms with Crippen LogP contribution in [0.1, 0.15) is 11.3 Å². The van der Waals surface area contributed by atoms with Crippen LogP contribution in [0, 0.1) is 0 Å². The minimum atomic E-state index is -4.57. The van der Waals surface area contributed by atoms with Crippen molar-refractivity contribution in [1.29, 1.82) is 0 Å². The Bertz CT molecular complexity index is 691. The van der Waals surface area contributed by atoms with E-state index in [1.807, 2.05) is 0 Å². The largest absolute Gasteiger partial charge is 0.420 e. The molecule has 0 fully saturated rings. The Labute approximate surface area is 117 Å². The molecule has 3 heterocycles. The summed E-state index contributed by atoms with van der Waals surface area (Å²) >= 11 is 0. The molecule has 21 heavy (non-hydrogen) atoms. The molecule has 0 saturated carbocycles. The summed E-state index contributed by atoms with van der Waals surface area (Å²) in [5, 5.41) is 5.27. The first-order valence-electron chi connectivity index (χ1n) is 6.00. The number of nitrogens with one attached hydrogen (secondary N) is 2. The fourth-order valence-corrected chi connectivity index (χ4v) is 2.15. The van der Waals surface area contributed by atoms with Crippen LogP contribution >= 0.6 is 0 Å². The molecule has 1 atom stereocenters. The number of alkyl halides is 3. The number of amides is 1. The van der Waals surface area contributed by atoms with Gasteiger partial charge in [0.1, 0.15) is 23.6 Å². The lowest BCUT2D eigenvalue weighted by Gasteiger charge is -2.15. The molecule has 0 radical (unpaired) electrons. The zero-order chi connectivity index (χ0) is 15.0. The highest BCUT2D eigenvalue weighted by atomic mass is 19.4. The number of fused-ring (bicyclic) bond motifs is 1. The maximum atomic E-state index is 13.0. The van der Waals surface area contributed by atoms with Crippen molar-refractivity contribution in [1.82, 2.24) is 20.6 Å². The summed E-state index contributed by atoms with van der Waals surface area (Å²) in [6.45, 7) is 0. The number of nitrogens with zero attached hydrogens (tertiary/aromatic N) is 2. The lowest BCUT2D eigenvalue weighted by atomic mass is 10.1. The van der Waals surface area contributed by atoms with E-state index in [4.69, 9.17) is 0 Å². The van der Waals surface area contributed by atoms with Crippen LogP contribution in [0.4, 0.5) is 13.2 Å². The van der Waals surface area contributed by atoms with Crippen molar-refractivity contribution in [2.45, 2.75) is 12.2 Å². The normalized spacial score (nSPS) is 20.9. The summed E-state index contributed by atoms with van der Waals surface area (Å²) in [5.41, 5.74) is -0.505. The average Bonchev–Trinajstić information content (AvgIpc) is 2.79. The van der Waals surface area contributed by atoms with Crippen molar-refractivity contribution in [2.75, 3.05) is 0 Å². The molecular weight excluding hydrogens is 285 g/mol. The molecule has 0 aliphatic carbocycles. The van der Waals surface area contributed by atoms with Crippen LogP contribution in [-0.4, -0.2) is 21.9 Å². The van der Waals surface area contributed by atoms with Crippen molar-refractivity contribution in [3.63, 3.8) is 0 Å². The summed E-state index contributed by atoms with van der Waals surface area (Å²) in [4.78, 5) is 18.9. The van der Waals surface area contributed by atoms with Crippen LogP contribution < -0.4 is 10.6 Å². The molecule has 3 rings (SSSR count). The van der Waals surface area contributed by atoms with Gasteiger partial charge in [-0.3, -0.25) is 4.79 Å². The summed E-state index contributed by atoms with van der Waals surface area (Å²) < 4.78 is 38.9. The Morgan fingerprint density at radius 3 is 2.86 bits per heavy atom. The third kappa shape index (κ3) is 2.39. The predicted octanol–water partition coefficient (Wildman–Crippen LogP) is 1.38. The first kappa shape index (κ1) is 13.3. The molecule has 2 aliphatic rings. The third-order valence-corrected chi connectivity index (χ3v) is 3.09. The van der Waals surface area contributed by atoms with Gasteiger partial charge in [-0.15, -0.1) is 0 Å². The smallest absolute Gasteiger partial charge is 0.368 e. The van der Waals surface area contributed by atoms with Crippen LogP contribution in [0.2, 0.25) is 0 Å². The van der Waals surface area contributed by atoms with Gasteiger partial charge in [0.25, 0.3) is 5.91 Å². The summed E-state index contributed by atoms with van der Waals surface area (Å²) in [6, 6.07) is -0.731. The Kier molecular flexibility index (Phi) is 3.00. The van der Waals surface area contributed by atoms with Crippen LogP contribution in [0.5, 0.6) is 0 Å². The molecule has 1 unspecified atom stereocenters. The van der Waals surface area contributed by atoms with E-state index in [0.717, 1.165) is 6.33 Å².